The van der Waals surface area contributed by atoms with Crippen LogP contribution in [-0.2, 0) is 22.6 Å². The molecular formula is C25H29N3O4. The third-order valence-corrected chi connectivity index (χ3v) is 6.47. The number of rotatable bonds is 6. The smallest absolute Gasteiger partial charge is 0.260 e. The van der Waals surface area contributed by atoms with E-state index in [2.05, 4.69) is 23.1 Å². The number of nitrogens with zero attached hydrogens (tertiary/aromatic N) is 3. The molecule has 0 aromatic heterocycles. The maximum absolute atomic E-state index is 12.6. The van der Waals surface area contributed by atoms with E-state index in [-0.39, 0.29) is 18.4 Å². The van der Waals surface area contributed by atoms with Crippen LogP contribution in [0.3, 0.4) is 0 Å². The van der Waals surface area contributed by atoms with Crippen molar-refractivity contribution in [3.05, 3.63) is 53.6 Å². The number of carbonyl (C=O) groups excluding carboxylic acids is 2. The fraction of sp³-hybridized carbons (Fsp3) is 0.440. The number of fused-ring (bicyclic) bond motifs is 1. The summed E-state index contributed by atoms with van der Waals surface area (Å²) in [4.78, 5) is 30.5. The summed E-state index contributed by atoms with van der Waals surface area (Å²) < 4.78 is 11.3. The summed E-state index contributed by atoms with van der Waals surface area (Å²) in [7, 11) is 0. The topological polar surface area (TPSA) is 62.3 Å². The SMILES string of the molecule is O=C(COc1ccc(N2CCCC2=O)cc1)N1CCN(Cc2ccc3c(c2)CCO3)CC1. The zero-order valence-electron chi connectivity index (χ0n) is 18.3. The van der Waals surface area contributed by atoms with Crippen LogP contribution in [0.25, 0.3) is 0 Å². The molecule has 3 aliphatic heterocycles. The minimum atomic E-state index is 0.0122. The summed E-state index contributed by atoms with van der Waals surface area (Å²) >= 11 is 0. The van der Waals surface area contributed by atoms with Crippen molar-refractivity contribution in [2.45, 2.75) is 25.8 Å². The fourth-order valence-corrected chi connectivity index (χ4v) is 4.63. The molecule has 2 fully saturated rings. The predicted octanol–water partition coefficient (Wildman–Crippen LogP) is 2.47. The van der Waals surface area contributed by atoms with E-state index >= 15 is 0 Å². The van der Waals surface area contributed by atoms with Gasteiger partial charge in [0.15, 0.2) is 6.61 Å². The Morgan fingerprint density at radius 1 is 0.969 bits per heavy atom. The first-order chi connectivity index (χ1) is 15.7. The average molecular weight is 436 g/mol. The third-order valence-electron chi connectivity index (χ3n) is 6.47. The number of piperazine rings is 1. The summed E-state index contributed by atoms with van der Waals surface area (Å²) in [5.74, 6) is 1.84. The molecule has 3 aliphatic rings. The molecule has 0 bridgehead atoms. The van der Waals surface area contributed by atoms with E-state index in [0.717, 1.165) is 57.1 Å². The lowest BCUT2D eigenvalue weighted by atomic mass is 10.1. The van der Waals surface area contributed by atoms with Gasteiger partial charge < -0.3 is 19.3 Å². The van der Waals surface area contributed by atoms with E-state index in [1.165, 1.54) is 11.1 Å². The third kappa shape index (κ3) is 4.58. The molecule has 2 aromatic carbocycles. The number of carbonyl (C=O) groups is 2. The molecule has 5 rings (SSSR count). The Kier molecular flexibility index (Phi) is 5.99. The Balaban J connectivity index is 1.07. The van der Waals surface area contributed by atoms with Crippen molar-refractivity contribution in [1.82, 2.24) is 9.80 Å². The molecule has 168 valence electrons. The average Bonchev–Trinajstić information content (AvgIpc) is 3.47. The number of amides is 2. The molecule has 7 heteroatoms. The van der Waals surface area contributed by atoms with Crippen LogP contribution in [0, 0.1) is 0 Å². The lowest BCUT2D eigenvalue weighted by Gasteiger charge is -2.34. The normalized spacial score (nSPS) is 18.6. The number of hydrogen-bond acceptors (Lipinski definition) is 5. The lowest BCUT2D eigenvalue weighted by molar-refractivity contribution is -0.135. The highest BCUT2D eigenvalue weighted by atomic mass is 16.5. The molecule has 0 saturated carbocycles. The zero-order valence-corrected chi connectivity index (χ0v) is 18.3. The van der Waals surface area contributed by atoms with Gasteiger partial charge in [-0.25, -0.2) is 0 Å². The lowest BCUT2D eigenvalue weighted by Crippen LogP contribution is -2.49. The fourth-order valence-electron chi connectivity index (χ4n) is 4.63. The summed E-state index contributed by atoms with van der Waals surface area (Å²) in [5, 5.41) is 0. The van der Waals surface area contributed by atoms with Crippen molar-refractivity contribution >= 4 is 17.5 Å². The molecule has 0 spiro atoms. The molecule has 2 aromatic rings. The molecule has 2 saturated heterocycles. The number of anilines is 1. The van der Waals surface area contributed by atoms with Crippen LogP contribution in [0.4, 0.5) is 5.69 Å². The first-order valence-corrected chi connectivity index (χ1v) is 11.4. The molecule has 7 nitrogen and oxygen atoms in total. The van der Waals surface area contributed by atoms with Gasteiger partial charge in [-0.2, -0.15) is 0 Å². The molecule has 32 heavy (non-hydrogen) atoms. The van der Waals surface area contributed by atoms with Gasteiger partial charge in [-0.15, -0.1) is 0 Å². The van der Waals surface area contributed by atoms with Gasteiger partial charge in [0.05, 0.1) is 6.61 Å². The van der Waals surface area contributed by atoms with Crippen LogP contribution in [0.2, 0.25) is 0 Å². The minimum absolute atomic E-state index is 0.0122. The van der Waals surface area contributed by atoms with Crippen molar-refractivity contribution in [3.63, 3.8) is 0 Å². The van der Waals surface area contributed by atoms with E-state index in [9.17, 15) is 9.59 Å². The highest BCUT2D eigenvalue weighted by molar-refractivity contribution is 5.95. The Labute approximate surface area is 188 Å². The van der Waals surface area contributed by atoms with E-state index in [0.29, 0.717) is 25.3 Å². The van der Waals surface area contributed by atoms with Crippen LogP contribution in [-0.4, -0.2) is 67.6 Å². The second-order valence-corrected chi connectivity index (χ2v) is 8.63. The summed E-state index contributed by atoms with van der Waals surface area (Å²) in [6, 6.07) is 13.9. The van der Waals surface area contributed by atoms with Crippen LogP contribution in [0.5, 0.6) is 11.5 Å². The molecule has 0 radical (unpaired) electrons. The Hall–Kier alpha value is -3.06. The van der Waals surface area contributed by atoms with Gasteiger partial charge in [0.2, 0.25) is 5.91 Å². The summed E-state index contributed by atoms with van der Waals surface area (Å²) in [6.07, 6.45) is 2.51. The second kappa shape index (κ2) is 9.20. The Bertz CT molecular complexity index is 983. The van der Waals surface area contributed by atoms with Crippen molar-refractivity contribution in [1.29, 1.82) is 0 Å². The maximum atomic E-state index is 12.6. The number of ether oxygens (including phenoxy) is 2. The zero-order chi connectivity index (χ0) is 21.9. The van der Waals surface area contributed by atoms with Crippen LogP contribution >= 0.6 is 0 Å². The molecule has 0 aliphatic carbocycles. The maximum Gasteiger partial charge on any atom is 0.260 e. The first kappa shape index (κ1) is 20.8. The second-order valence-electron chi connectivity index (χ2n) is 8.63. The highest BCUT2D eigenvalue weighted by Gasteiger charge is 2.23. The first-order valence-electron chi connectivity index (χ1n) is 11.4. The van der Waals surface area contributed by atoms with Crippen LogP contribution in [0.1, 0.15) is 24.0 Å². The van der Waals surface area contributed by atoms with Crippen LogP contribution in [0.15, 0.2) is 42.5 Å². The Morgan fingerprint density at radius 3 is 2.53 bits per heavy atom. The molecule has 0 atom stereocenters. The quantitative estimate of drug-likeness (QED) is 0.698. The van der Waals surface area contributed by atoms with E-state index < -0.39 is 0 Å². The molecule has 3 heterocycles. The predicted molar refractivity (Wildman–Crippen MR) is 121 cm³/mol. The monoisotopic (exact) mass is 435 g/mol. The molecule has 0 N–H and O–H groups in total. The number of hydrogen-bond donors (Lipinski definition) is 0. The van der Waals surface area contributed by atoms with E-state index in [4.69, 9.17) is 9.47 Å². The summed E-state index contributed by atoms with van der Waals surface area (Å²) in [6.45, 7) is 5.63. The van der Waals surface area contributed by atoms with Gasteiger partial charge in [-0.05, 0) is 47.9 Å². The van der Waals surface area contributed by atoms with Gasteiger partial charge >= 0.3 is 0 Å². The molecule has 2 amide bonds. The van der Waals surface area contributed by atoms with Crippen molar-refractivity contribution < 1.29 is 19.1 Å². The van der Waals surface area contributed by atoms with Gasteiger partial charge in [0, 0.05) is 57.8 Å². The van der Waals surface area contributed by atoms with Gasteiger partial charge in [-0.1, -0.05) is 12.1 Å². The number of benzene rings is 2. The van der Waals surface area contributed by atoms with Crippen molar-refractivity contribution in [2.75, 3.05) is 50.8 Å². The van der Waals surface area contributed by atoms with E-state index in [1.807, 2.05) is 29.2 Å². The van der Waals surface area contributed by atoms with E-state index in [1.54, 1.807) is 4.90 Å². The van der Waals surface area contributed by atoms with Crippen LogP contribution < -0.4 is 14.4 Å². The van der Waals surface area contributed by atoms with Crippen molar-refractivity contribution in [3.8, 4) is 11.5 Å². The molecule has 0 unspecified atom stereocenters. The Morgan fingerprint density at radius 2 is 1.78 bits per heavy atom. The van der Waals surface area contributed by atoms with Crippen molar-refractivity contribution in [2.24, 2.45) is 0 Å². The standard InChI is InChI=1S/C25H29N3O4/c29-24-2-1-10-28(24)21-4-6-22(7-5-21)32-18-25(30)27-13-11-26(12-14-27)17-19-3-8-23-20(16-19)9-15-31-23/h3-8,16H,1-2,9-15,17-18H2. The summed E-state index contributed by atoms with van der Waals surface area (Å²) in [5.41, 5.74) is 3.49. The largest absolute Gasteiger partial charge is 0.493 e. The van der Waals surface area contributed by atoms with Gasteiger partial charge in [0.25, 0.3) is 5.91 Å². The minimum Gasteiger partial charge on any atom is -0.493 e. The molecular weight excluding hydrogens is 406 g/mol. The van der Waals surface area contributed by atoms with Gasteiger partial charge in [0.1, 0.15) is 11.5 Å². The highest BCUT2D eigenvalue weighted by Crippen LogP contribution is 2.27. The van der Waals surface area contributed by atoms with Gasteiger partial charge in [-0.3, -0.25) is 14.5 Å².